The van der Waals surface area contributed by atoms with Gasteiger partial charge in [0.2, 0.25) is 0 Å². The van der Waals surface area contributed by atoms with Crippen LogP contribution in [0.25, 0.3) is 11.4 Å². The summed E-state index contributed by atoms with van der Waals surface area (Å²) in [5, 5.41) is 36.5. The highest BCUT2D eigenvalue weighted by atomic mass is 19.4. The van der Waals surface area contributed by atoms with Crippen LogP contribution in [-0.4, -0.2) is 49.8 Å². The number of tetrazole rings is 2. The van der Waals surface area contributed by atoms with E-state index in [0.717, 1.165) is 30.7 Å². The minimum absolute atomic E-state index is 0.338. The molecule has 22 heteroatoms. The molecule has 0 saturated heterocycles. The molecule has 4 rings (SSSR count). The van der Waals surface area contributed by atoms with Crippen molar-refractivity contribution in [1.29, 1.82) is 0 Å². The summed E-state index contributed by atoms with van der Waals surface area (Å²) in [5.41, 5.74) is -7.13. The third kappa shape index (κ3) is 6.09. The number of halogens is 6. The monoisotopic (exact) mass is 592 g/mol. The number of hydrogen-bond acceptors (Lipinski definition) is 10. The summed E-state index contributed by atoms with van der Waals surface area (Å²) in [7, 11) is 1.25. The van der Waals surface area contributed by atoms with E-state index in [9.17, 15) is 56.2 Å². The van der Waals surface area contributed by atoms with Gasteiger partial charge in [0.1, 0.15) is 0 Å². The molecular formula is C19H14F6N10O6. The lowest BCUT2D eigenvalue weighted by Crippen LogP contribution is -2.23. The Morgan fingerprint density at radius 3 is 1.51 bits per heavy atom. The van der Waals surface area contributed by atoms with Crippen LogP contribution in [0.2, 0.25) is 0 Å². The molecule has 2 aromatic heterocycles. The third-order valence-electron chi connectivity index (χ3n) is 5.41. The van der Waals surface area contributed by atoms with Crippen molar-refractivity contribution < 1.29 is 36.2 Å². The minimum atomic E-state index is -4.79. The maximum atomic E-state index is 12.9. The Balaban J connectivity index is 0.000000226. The number of H-pyrrole nitrogens is 1. The number of hydrogen-bond donors (Lipinski definition) is 1. The lowest BCUT2D eigenvalue weighted by molar-refractivity contribution is -0.385. The van der Waals surface area contributed by atoms with E-state index in [1.54, 1.807) is 0 Å². The Hall–Kier alpha value is -5.44. The predicted octanol–water partition coefficient (Wildman–Crippen LogP) is 2.39. The topological polar surface area (TPSA) is 203 Å². The molecular weight excluding hydrogens is 578 g/mol. The van der Waals surface area contributed by atoms with E-state index in [-0.39, 0.29) is 22.5 Å². The molecule has 0 amide bonds. The van der Waals surface area contributed by atoms with Gasteiger partial charge in [-0.05, 0) is 45.8 Å². The van der Waals surface area contributed by atoms with Crippen molar-refractivity contribution in [1.82, 2.24) is 40.0 Å². The summed E-state index contributed by atoms with van der Waals surface area (Å²) in [4.78, 5) is 42.6. The van der Waals surface area contributed by atoms with Crippen molar-refractivity contribution in [3.63, 3.8) is 0 Å². The number of benzene rings is 2. The molecule has 0 spiro atoms. The zero-order valence-electron chi connectivity index (χ0n) is 20.6. The number of nitro benzene ring substituents is 2. The molecule has 0 aliphatic rings. The highest BCUT2D eigenvalue weighted by Crippen LogP contribution is 2.37. The average Bonchev–Trinajstić information content (AvgIpc) is 3.42. The van der Waals surface area contributed by atoms with Crippen LogP contribution < -0.4 is 11.4 Å². The maximum absolute atomic E-state index is 12.9. The van der Waals surface area contributed by atoms with Crippen molar-refractivity contribution in [2.75, 3.05) is 0 Å². The van der Waals surface area contributed by atoms with E-state index in [0.29, 0.717) is 21.5 Å². The van der Waals surface area contributed by atoms with Gasteiger partial charge in [0.05, 0.1) is 32.3 Å². The minimum Gasteiger partial charge on any atom is -0.258 e. The van der Waals surface area contributed by atoms with Crippen LogP contribution in [0.1, 0.15) is 22.3 Å². The van der Waals surface area contributed by atoms with Gasteiger partial charge in [-0.2, -0.15) is 40.4 Å². The van der Waals surface area contributed by atoms with Gasteiger partial charge in [-0.1, -0.05) is 0 Å². The van der Waals surface area contributed by atoms with Crippen molar-refractivity contribution >= 4 is 11.4 Å². The average molecular weight is 592 g/mol. The Bertz CT molecular complexity index is 1770. The lowest BCUT2D eigenvalue weighted by atomic mass is 10.1. The van der Waals surface area contributed by atoms with Crippen LogP contribution in [0.3, 0.4) is 0 Å². The first kappa shape index (κ1) is 30.1. The van der Waals surface area contributed by atoms with Gasteiger partial charge < -0.3 is 0 Å². The van der Waals surface area contributed by atoms with Crippen LogP contribution in [-0.2, 0) is 19.4 Å². The molecule has 0 aliphatic carbocycles. The molecule has 4 aromatic rings. The quantitative estimate of drug-likeness (QED) is 0.208. The van der Waals surface area contributed by atoms with Crippen LogP contribution in [0.4, 0.5) is 37.7 Å². The number of nitro groups is 2. The molecule has 0 atom stereocenters. The number of rotatable bonds is 4. The van der Waals surface area contributed by atoms with Crippen molar-refractivity contribution in [3.8, 4) is 11.4 Å². The van der Waals surface area contributed by atoms with E-state index in [1.165, 1.54) is 7.05 Å². The standard InChI is InChI=1S/C10H8F3N5O3.C9H6F3N5O3/c1-5-7(10(11,12)13)3-6(18(20)21)4-8(5)17-9(19)16(2)14-15-17;1-4-6(9(10,11)12)2-5(17(19)20)3-7(4)16-8(18)13-14-15-16/h3-4H,1-2H3;2-3H,1H3,(H,13,15,18). The summed E-state index contributed by atoms with van der Waals surface area (Å²) in [5.74, 6) is 0. The van der Waals surface area contributed by atoms with E-state index in [4.69, 9.17) is 0 Å². The molecule has 0 unspecified atom stereocenters. The fourth-order valence-electron chi connectivity index (χ4n) is 3.43. The molecule has 0 fully saturated rings. The van der Waals surface area contributed by atoms with Gasteiger partial charge in [0, 0.05) is 31.3 Å². The molecule has 2 aromatic carbocycles. The summed E-state index contributed by atoms with van der Waals surface area (Å²) >= 11 is 0. The predicted molar refractivity (Wildman–Crippen MR) is 121 cm³/mol. The van der Waals surface area contributed by atoms with Gasteiger partial charge in [0.15, 0.2) is 0 Å². The summed E-state index contributed by atoms with van der Waals surface area (Å²) < 4.78 is 79.3. The van der Waals surface area contributed by atoms with Crippen LogP contribution in [0.5, 0.6) is 0 Å². The molecule has 16 nitrogen and oxygen atoms in total. The first-order valence-electron chi connectivity index (χ1n) is 10.6. The molecule has 1 N–H and O–H groups in total. The Morgan fingerprint density at radius 1 is 0.756 bits per heavy atom. The fourth-order valence-corrected chi connectivity index (χ4v) is 3.43. The number of aryl methyl sites for hydroxylation is 1. The Labute approximate surface area is 220 Å². The van der Waals surface area contributed by atoms with Gasteiger partial charge in [0.25, 0.3) is 11.4 Å². The van der Waals surface area contributed by atoms with Crippen molar-refractivity contribution in [2.24, 2.45) is 7.05 Å². The first-order valence-corrected chi connectivity index (χ1v) is 10.6. The third-order valence-corrected chi connectivity index (χ3v) is 5.41. The second-order valence-electron chi connectivity index (χ2n) is 8.00. The molecule has 0 bridgehead atoms. The van der Waals surface area contributed by atoms with Crippen LogP contribution in [0.15, 0.2) is 33.9 Å². The summed E-state index contributed by atoms with van der Waals surface area (Å²) in [6.07, 6.45) is -9.59. The number of non-ortho nitro benzene ring substituents is 2. The number of nitrogens with zero attached hydrogens (tertiary/aromatic N) is 9. The maximum Gasteiger partial charge on any atom is 0.416 e. The zero-order valence-corrected chi connectivity index (χ0v) is 20.6. The fraction of sp³-hybridized carbons (Fsp3) is 0.263. The highest BCUT2D eigenvalue weighted by molar-refractivity contribution is 5.54. The Kier molecular flexibility index (Phi) is 7.79. The normalized spacial score (nSPS) is 11.6. The molecule has 41 heavy (non-hydrogen) atoms. The van der Waals surface area contributed by atoms with Gasteiger partial charge in [-0.15, -0.1) is 0 Å². The lowest BCUT2D eigenvalue weighted by Gasteiger charge is -2.13. The Morgan fingerprint density at radius 2 is 1.20 bits per heavy atom. The van der Waals surface area contributed by atoms with E-state index < -0.39 is 56.1 Å². The molecule has 0 saturated carbocycles. The number of aromatic nitrogens is 8. The second kappa shape index (κ2) is 10.6. The molecule has 2 heterocycles. The van der Waals surface area contributed by atoms with Gasteiger partial charge in [-0.25, -0.2) is 14.7 Å². The van der Waals surface area contributed by atoms with Crippen LogP contribution >= 0.6 is 0 Å². The van der Waals surface area contributed by atoms with Gasteiger partial charge in [-0.3, -0.25) is 20.2 Å². The van der Waals surface area contributed by atoms with Crippen LogP contribution in [0, 0.1) is 34.1 Å². The van der Waals surface area contributed by atoms with E-state index in [2.05, 4.69) is 20.9 Å². The van der Waals surface area contributed by atoms with E-state index >= 15 is 0 Å². The largest absolute Gasteiger partial charge is 0.416 e. The molecule has 0 radical (unpaired) electrons. The molecule has 0 aliphatic heterocycles. The summed E-state index contributed by atoms with van der Waals surface area (Å²) in [6.45, 7) is 2.19. The smallest absolute Gasteiger partial charge is 0.258 e. The van der Waals surface area contributed by atoms with Crippen molar-refractivity contribution in [2.45, 2.75) is 26.2 Å². The second-order valence-corrected chi connectivity index (χ2v) is 8.00. The highest BCUT2D eigenvalue weighted by Gasteiger charge is 2.37. The first-order chi connectivity index (χ1) is 18.8. The SMILES string of the molecule is Cc1c(-n2nn[nH]c2=O)cc([N+](=O)[O-])cc1C(F)(F)F.Cc1c(-n2nnn(C)c2=O)cc([N+](=O)[O-])cc1C(F)(F)F. The van der Waals surface area contributed by atoms with Crippen molar-refractivity contribution in [3.05, 3.63) is 87.7 Å². The van der Waals surface area contributed by atoms with Gasteiger partial charge >= 0.3 is 23.7 Å². The summed E-state index contributed by atoms with van der Waals surface area (Å²) in [6, 6.07) is 2.50. The molecule has 218 valence electrons. The number of alkyl halides is 6. The number of aromatic amines is 1. The van der Waals surface area contributed by atoms with E-state index in [1.807, 2.05) is 5.10 Å². The zero-order chi connectivity index (χ0) is 31.0. The number of nitrogens with one attached hydrogen (secondary N) is 1.